The number of hydrogen-bond donors (Lipinski definition) is 0. The molecule has 11 heavy (non-hydrogen) atoms. The third-order valence-corrected chi connectivity index (χ3v) is 0.987. The van der Waals surface area contributed by atoms with Crippen molar-refractivity contribution in [2.75, 3.05) is 0 Å². The van der Waals surface area contributed by atoms with E-state index in [-0.39, 0.29) is 11.1 Å². The van der Waals surface area contributed by atoms with Gasteiger partial charge in [0.15, 0.2) is 0 Å². The van der Waals surface area contributed by atoms with Crippen molar-refractivity contribution in [2.24, 2.45) is 0 Å². The van der Waals surface area contributed by atoms with Crippen molar-refractivity contribution < 1.29 is 19.8 Å². The molecule has 0 atom stereocenters. The molecule has 4 nitrogen and oxygen atoms in total. The van der Waals surface area contributed by atoms with Crippen molar-refractivity contribution in [1.82, 2.24) is 0 Å². The average molecular weight is 154 g/mol. The van der Waals surface area contributed by atoms with Gasteiger partial charge in [0.25, 0.3) is 0 Å². The Morgan fingerprint density at radius 3 is 1.45 bits per heavy atom. The minimum atomic E-state index is -1.44. The SMILES string of the molecule is CC(=C=C(C)C(=O)[O-])C(=O)[O-]. The average Bonchev–Trinajstić information content (AvgIpc) is 1.87. The maximum Gasteiger partial charge on any atom is 0.0749 e. The number of carboxylic acid groups (broad SMARTS) is 2. The quantitative estimate of drug-likeness (QED) is 0.339. The van der Waals surface area contributed by atoms with E-state index in [0.29, 0.717) is 0 Å². The number of carboxylic acids is 2. The molecule has 0 radical (unpaired) electrons. The summed E-state index contributed by atoms with van der Waals surface area (Å²) in [5, 5.41) is 20.0. The van der Waals surface area contributed by atoms with E-state index in [1.807, 2.05) is 0 Å². The first-order chi connectivity index (χ1) is 4.95. The molecule has 0 aliphatic heterocycles. The fourth-order valence-electron chi connectivity index (χ4n) is 0.383. The summed E-state index contributed by atoms with van der Waals surface area (Å²) in [4.78, 5) is 20.0. The molecule has 0 N–H and O–H groups in total. The maximum absolute atomic E-state index is 10.0. The number of carbonyl (C=O) groups excluding carboxylic acids is 2. The van der Waals surface area contributed by atoms with Crippen molar-refractivity contribution in [3.63, 3.8) is 0 Å². The third kappa shape index (κ3) is 3.23. The highest BCUT2D eigenvalue weighted by atomic mass is 16.4. The minimum absolute atomic E-state index is 0.258. The molecule has 0 aromatic carbocycles. The molecule has 4 heteroatoms. The molecule has 0 aliphatic rings. The van der Waals surface area contributed by atoms with Crippen LogP contribution >= 0.6 is 0 Å². The first-order valence-electron chi connectivity index (χ1n) is 2.82. The number of hydrogen-bond acceptors (Lipinski definition) is 4. The van der Waals surface area contributed by atoms with Gasteiger partial charge in [0, 0.05) is 11.1 Å². The summed E-state index contributed by atoms with van der Waals surface area (Å²) in [5.74, 6) is -2.88. The zero-order valence-electron chi connectivity index (χ0n) is 6.13. The topological polar surface area (TPSA) is 80.3 Å². The Bertz CT molecular complexity index is 232. The Labute approximate surface area is 63.5 Å². The first-order valence-corrected chi connectivity index (χ1v) is 2.82. The summed E-state index contributed by atoms with van der Waals surface area (Å²) < 4.78 is 0. The van der Waals surface area contributed by atoms with E-state index in [4.69, 9.17) is 0 Å². The molecule has 0 aromatic heterocycles. The van der Waals surface area contributed by atoms with Crippen molar-refractivity contribution >= 4 is 11.9 Å². The normalized spacial score (nSPS) is 8.18. The molecule has 0 rings (SSSR count). The second-order valence-corrected chi connectivity index (χ2v) is 1.95. The lowest BCUT2D eigenvalue weighted by Crippen LogP contribution is -2.24. The van der Waals surface area contributed by atoms with Gasteiger partial charge in [-0.15, -0.1) is 5.73 Å². The summed E-state index contributed by atoms with van der Waals surface area (Å²) in [7, 11) is 0. The van der Waals surface area contributed by atoms with Gasteiger partial charge in [-0.2, -0.15) is 0 Å². The largest absolute Gasteiger partial charge is 0.545 e. The lowest BCUT2D eigenvalue weighted by Gasteiger charge is -1.99. The maximum atomic E-state index is 10.0. The van der Waals surface area contributed by atoms with Crippen LogP contribution in [0.2, 0.25) is 0 Å². The molecule has 0 bridgehead atoms. The van der Waals surface area contributed by atoms with Gasteiger partial charge in [-0.3, -0.25) is 0 Å². The monoisotopic (exact) mass is 154 g/mol. The van der Waals surface area contributed by atoms with Gasteiger partial charge in [0.1, 0.15) is 0 Å². The summed E-state index contributed by atoms with van der Waals surface area (Å²) in [6.07, 6.45) is 0. The van der Waals surface area contributed by atoms with Crippen LogP contribution in [-0.2, 0) is 9.59 Å². The molecule has 0 fully saturated rings. The van der Waals surface area contributed by atoms with Gasteiger partial charge in [0.2, 0.25) is 0 Å². The van der Waals surface area contributed by atoms with Crippen LogP contribution in [0.5, 0.6) is 0 Å². The zero-order valence-corrected chi connectivity index (χ0v) is 6.13. The summed E-state index contributed by atoms with van der Waals surface area (Å²) >= 11 is 0. The van der Waals surface area contributed by atoms with Gasteiger partial charge in [-0.05, 0) is 13.8 Å². The highest BCUT2D eigenvalue weighted by Crippen LogP contribution is 1.91. The van der Waals surface area contributed by atoms with Crippen LogP contribution in [0.15, 0.2) is 16.9 Å². The van der Waals surface area contributed by atoms with E-state index in [1.165, 1.54) is 13.8 Å². The fourth-order valence-corrected chi connectivity index (χ4v) is 0.383. The summed E-state index contributed by atoms with van der Waals surface area (Å²) in [5.41, 5.74) is 1.57. The molecule has 0 saturated carbocycles. The molecular weight excluding hydrogens is 148 g/mol. The van der Waals surface area contributed by atoms with E-state index in [2.05, 4.69) is 5.73 Å². The van der Waals surface area contributed by atoms with Crippen LogP contribution in [0.4, 0.5) is 0 Å². The Kier molecular flexibility index (Phi) is 3.08. The number of aliphatic carboxylic acids is 2. The lowest BCUT2D eigenvalue weighted by atomic mass is 10.2. The predicted octanol–water partition coefficient (Wildman–Crippen LogP) is -2.02. The van der Waals surface area contributed by atoms with Crippen LogP contribution in [0.1, 0.15) is 13.8 Å². The lowest BCUT2D eigenvalue weighted by molar-refractivity contribution is -0.299. The smallest absolute Gasteiger partial charge is 0.0749 e. The molecule has 0 spiro atoms. The molecule has 0 amide bonds. The van der Waals surface area contributed by atoms with E-state index >= 15 is 0 Å². The van der Waals surface area contributed by atoms with Crippen molar-refractivity contribution in [1.29, 1.82) is 0 Å². The standard InChI is InChI=1S/C7H8O4/c1-4(6(8)9)3-5(2)7(10)11/h1-2H3,(H,8,9)(H,10,11)/p-2. The number of rotatable bonds is 2. The highest BCUT2D eigenvalue weighted by Gasteiger charge is 1.89. The second-order valence-electron chi connectivity index (χ2n) is 1.95. The van der Waals surface area contributed by atoms with Gasteiger partial charge >= 0.3 is 0 Å². The Morgan fingerprint density at radius 1 is 1.00 bits per heavy atom. The van der Waals surface area contributed by atoms with Crippen LogP contribution in [-0.4, -0.2) is 11.9 Å². The van der Waals surface area contributed by atoms with Crippen LogP contribution < -0.4 is 10.2 Å². The van der Waals surface area contributed by atoms with E-state index in [1.54, 1.807) is 0 Å². The first kappa shape index (κ1) is 9.46. The summed E-state index contributed by atoms with van der Waals surface area (Å²) in [6, 6.07) is 0. The van der Waals surface area contributed by atoms with Gasteiger partial charge < -0.3 is 19.8 Å². The number of carbonyl (C=O) groups is 2. The van der Waals surface area contributed by atoms with Crippen LogP contribution in [0, 0.1) is 0 Å². The summed E-state index contributed by atoms with van der Waals surface area (Å²) in [6.45, 7) is 2.39. The van der Waals surface area contributed by atoms with E-state index < -0.39 is 11.9 Å². The minimum Gasteiger partial charge on any atom is -0.545 e. The highest BCUT2D eigenvalue weighted by molar-refractivity contribution is 5.88. The molecular formula is C7H6O4-2. The Hall–Kier alpha value is -1.54. The molecule has 0 heterocycles. The predicted molar refractivity (Wildman–Crippen MR) is 31.9 cm³/mol. The zero-order chi connectivity index (χ0) is 9.02. The fraction of sp³-hybridized carbons (Fsp3) is 0.286. The van der Waals surface area contributed by atoms with Crippen LogP contribution in [0.3, 0.4) is 0 Å². The molecule has 0 aliphatic carbocycles. The third-order valence-electron chi connectivity index (χ3n) is 0.987. The molecule has 0 aromatic rings. The van der Waals surface area contributed by atoms with Crippen LogP contribution in [0.25, 0.3) is 0 Å². The Morgan fingerprint density at radius 2 is 1.27 bits per heavy atom. The Balaban J connectivity index is 4.89. The van der Waals surface area contributed by atoms with Gasteiger partial charge in [0.05, 0.1) is 11.9 Å². The van der Waals surface area contributed by atoms with Gasteiger partial charge in [-0.1, -0.05) is 0 Å². The van der Waals surface area contributed by atoms with Crippen molar-refractivity contribution in [3.05, 3.63) is 16.9 Å². The molecule has 0 unspecified atom stereocenters. The second kappa shape index (κ2) is 3.58. The van der Waals surface area contributed by atoms with E-state index in [9.17, 15) is 19.8 Å². The van der Waals surface area contributed by atoms with Crippen molar-refractivity contribution in [2.45, 2.75) is 13.8 Å². The molecule has 60 valence electrons. The van der Waals surface area contributed by atoms with Crippen molar-refractivity contribution in [3.8, 4) is 0 Å². The molecule has 0 saturated heterocycles. The van der Waals surface area contributed by atoms with Gasteiger partial charge in [-0.25, -0.2) is 0 Å². The van der Waals surface area contributed by atoms with E-state index in [0.717, 1.165) is 0 Å².